The third-order valence-electron chi connectivity index (χ3n) is 4.50. The summed E-state index contributed by atoms with van der Waals surface area (Å²) < 4.78 is 50.7. The summed E-state index contributed by atoms with van der Waals surface area (Å²) in [6, 6.07) is 4.39. The van der Waals surface area contributed by atoms with E-state index in [-0.39, 0.29) is 23.8 Å². The third kappa shape index (κ3) is 4.12. The van der Waals surface area contributed by atoms with Crippen molar-refractivity contribution in [2.45, 2.75) is 26.4 Å². The monoisotopic (exact) mass is 389 g/mol. The fourth-order valence-electron chi connectivity index (χ4n) is 2.86. The second-order valence-corrected chi connectivity index (χ2v) is 6.93. The number of hydrogen-bond donors (Lipinski definition) is 1. The van der Waals surface area contributed by atoms with Crippen molar-refractivity contribution in [3.8, 4) is 11.5 Å². The van der Waals surface area contributed by atoms with Crippen molar-refractivity contribution in [1.29, 1.82) is 0 Å². The second kappa shape index (κ2) is 7.66. The molecule has 0 radical (unpaired) electrons. The van der Waals surface area contributed by atoms with E-state index in [2.05, 4.69) is 0 Å². The van der Waals surface area contributed by atoms with Crippen LogP contribution in [-0.4, -0.2) is 54.9 Å². The smallest absolute Gasteiger partial charge is 0.406 e. The summed E-state index contributed by atoms with van der Waals surface area (Å²) in [5.74, 6) is -1.90. The quantitative estimate of drug-likeness (QED) is 0.809. The maximum atomic E-state index is 13.3. The zero-order valence-electron chi connectivity index (χ0n) is 15.3. The van der Waals surface area contributed by atoms with Gasteiger partial charge in [-0.1, -0.05) is 13.8 Å². The molecule has 1 fully saturated rings. The summed E-state index contributed by atoms with van der Waals surface area (Å²) in [5, 5.41) is 9.14. The highest BCUT2D eigenvalue weighted by atomic mass is 19.4. The molecule has 2 rings (SSSR count). The number of carbonyl (C=O) groups is 2. The van der Waals surface area contributed by atoms with Crippen LogP contribution in [0.25, 0.3) is 0 Å². The molecule has 0 spiro atoms. The molecule has 9 heteroatoms. The van der Waals surface area contributed by atoms with Gasteiger partial charge in [-0.15, -0.1) is 0 Å². The van der Waals surface area contributed by atoms with E-state index < -0.39 is 36.4 Å². The van der Waals surface area contributed by atoms with Gasteiger partial charge in [-0.2, -0.15) is 13.2 Å². The molecule has 1 saturated heterocycles. The molecular weight excluding hydrogens is 367 g/mol. The van der Waals surface area contributed by atoms with Gasteiger partial charge in [0.2, 0.25) is 0 Å². The van der Waals surface area contributed by atoms with Crippen LogP contribution < -0.4 is 9.47 Å². The van der Waals surface area contributed by atoms with Crippen LogP contribution in [-0.2, 0) is 4.79 Å². The molecule has 1 aliphatic heterocycles. The Kier molecular flexibility index (Phi) is 5.91. The third-order valence-corrected chi connectivity index (χ3v) is 4.50. The highest BCUT2D eigenvalue weighted by molar-refractivity contribution is 5.98. The van der Waals surface area contributed by atoms with Gasteiger partial charge >= 0.3 is 12.1 Å². The average Bonchev–Trinajstić information content (AvgIpc) is 3.06. The Morgan fingerprint density at radius 1 is 1.33 bits per heavy atom. The molecule has 0 saturated carbocycles. The van der Waals surface area contributed by atoms with E-state index in [1.54, 1.807) is 0 Å². The summed E-state index contributed by atoms with van der Waals surface area (Å²) in [6.07, 6.45) is -5.64. The van der Waals surface area contributed by atoms with Crippen LogP contribution in [0, 0.1) is 11.3 Å². The largest absolute Gasteiger partial charge is 0.497 e. The Bertz CT molecular complexity index is 719. The molecule has 1 aromatic rings. The number of nitrogens with zero attached hydrogens (tertiary/aromatic N) is 1. The number of carbonyl (C=O) groups excluding carboxylic acids is 1. The number of benzene rings is 1. The molecule has 0 aromatic heterocycles. The first kappa shape index (κ1) is 20.9. The summed E-state index contributed by atoms with van der Waals surface area (Å²) in [6.45, 7) is 2.88. The molecule has 1 aliphatic rings. The molecule has 1 unspecified atom stereocenters. The minimum absolute atomic E-state index is 0.0693. The van der Waals surface area contributed by atoms with Crippen molar-refractivity contribution < 1.29 is 37.3 Å². The average molecular weight is 389 g/mol. The maximum absolute atomic E-state index is 13.3. The summed E-state index contributed by atoms with van der Waals surface area (Å²) in [7, 11) is 1.44. The number of ether oxygens (including phenoxy) is 2. The van der Waals surface area contributed by atoms with E-state index in [1.165, 1.54) is 25.3 Å². The highest BCUT2D eigenvalue weighted by Crippen LogP contribution is 2.46. The number of aliphatic carboxylic acids is 1. The normalized spacial score (nSPS) is 20.0. The van der Waals surface area contributed by atoms with Crippen LogP contribution in [0.15, 0.2) is 18.2 Å². The zero-order valence-corrected chi connectivity index (χ0v) is 15.3. The van der Waals surface area contributed by atoms with Gasteiger partial charge in [0.15, 0.2) is 5.41 Å². The van der Waals surface area contributed by atoms with E-state index in [1.807, 2.05) is 13.8 Å². The number of methoxy groups -OCH3 is 1. The lowest BCUT2D eigenvalue weighted by molar-refractivity contribution is -0.227. The predicted octanol–water partition coefficient (Wildman–Crippen LogP) is 3.21. The van der Waals surface area contributed by atoms with Gasteiger partial charge in [-0.3, -0.25) is 9.59 Å². The van der Waals surface area contributed by atoms with Crippen molar-refractivity contribution >= 4 is 11.9 Å². The zero-order chi connectivity index (χ0) is 20.4. The van der Waals surface area contributed by atoms with Crippen molar-refractivity contribution in [2.75, 3.05) is 26.8 Å². The molecule has 1 heterocycles. The summed E-state index contributed by atoms with van der Waals surface area (Å²) >= 11 is 0. The second-order valence-electron chi connectivity index (χ2n) is 6.93. The molecule has 1 N–H and O–H groups in total. The van der Waals surface area contributed by atoms with Crippen molar-refractivity contribution in [3.63, 3.8) is 0 Å². The predicted molar refractivity (Wildman–Crippen MR) is 90.0 cm³/mol. The van der Waals surface area contributed by atoms with E-state index >= 15 is 0 Å². The van der Waals surface area contributed by atoms with Gasteiger partial charge in [-0.25, -0.2) is 0 Å². The molecule has 27 heavy (non-hydrogen) atoms. The van der Waals surface area contributed by atoms with Crippen LogP contribution >= 0.6 is 0 Å². The first-order valence-corrected chi connectivity index (χ1v) is 8.42. The first-order chi connectivity index (χ1) is 12.5. The van der Waals surface area contributed by atoms with Crippen molar-refractivity contribution in [2.24, 2.45) is 11.3 Å². The minimum Gasteiger partial charge on any atom is -0.497 e. The maximum Gasteiger partial charge on any atom is 0.406 e. The summed E-state index contributed by atoms with van der Waals surface area (Å²) in [4.78, 5) is 25.0. The number of carboxylic acids is 1. The van der Waals surface area contributed by atoms with Gasteiger partial charge in [0, 0.05) is 19.2 Å². The molecule has 1 atom stereocenters. The lowest BCUT2D eigenvalue weighted by atomic mass is 9.86. The highest BCUT2D eigenvalue weighted by Gasteiger charge is 2.64. The van der Waals surface area contributed by atoms with E-state index in [0.29, 0.717) is 12.4 Å². The molecule has 1 amide bonds. The molecule has 6 nitrogen and oxygen atoms in total. The Morgan fingerprint density at radius 2 is 2.00 bits per heavy atom. The van der Waals surface area contributed by atoms with Gasteiger partial charge in [-0.05, 0) is 24.5 Å². The number of halogens is 3. The van der Waals surface area contributed by atoms with Crippen molar-refractivity contribution in [3.05, 3.63) is 23.8 Å². The Balaban J connectivity index is 2.31. The number of alkyl halides is 3. The van der Waals surface area contributed by atoms with Crippen LogP contribution in [0.5, 0.6) is 11.5 Å². The van der Waals surface area contributed by atoms with Gasteiger partial charge in [0.1, 0.15) is 11.5 Å². The van der Waals surface area contributed by atoms with Crippen LogP contribution in [0.3, 0.4) is 0 Å². The first-order valence-electron chi connectivity index (χ1n) is 8.42. The Hall–Kier alpha value is -2.45. The van der Waals surface area contributed by atoms with E-state index in [0.717, 1.165) is 4.90 Å². The SMILES string of the molecule is COc1ccc(C(=O)N2CCC(C(=O)O)(C(F)(F)F)C2)c(OCC(C)C)c1. The summed E-state index contributed by atoms with van der Waals surface area (Å²) in [5.41, 5.74) is -2.88. The Labute approximate surface area is 154 Å². The topological polar surface area (TPSA) is 76.1 Å². The molecular formula is C18H22F3NO5. The Morgan fingerprint density at radius 3 is 2.48 bits per heavy atom. The lowest BCUT2D eigenvalue weighted by Gasteiger charge is -2.27. The molecule has 150 valence electrons. The van der Waals surface area contributed by atoms with E-state index in [4.69, 9.17) is 14.6 Å². The minimum atomic E-state index is -4.95. The van der Waals surface area contributed by atoms with E-state index in [9.17, 15) is 22.8 Å². The number of rotatable bonds is 6. The number of carboxylic acid groups (broad SMARTS) is 1. The van der Waals surface area contributed by atoms with Crippen LogP contribution in [0.2, 0.25) is 0 Å². The number of hydrogen-bond acceptors (Lipinski definition) is 4. The number of amides is 1. The van der Waals surface area contributed by atoms with Gasteiger partial charge in [0.25, 0.3) is 5.91 Å². The fraction of sp³-hybridized carbons (Fsp3) is 0.556. The fourth-order valence-corrected chi connectivity index (χ4v) is 2.86. The van der Waals surface area contributed by atoms with Crippen molar-refractivity contribution in [1.82, 2.24) is 4.90 Å². The lowest BCUT2D eigenvalue weighted by Crippen LogP contribution is -2.47. The van der Waals surface area contributed by atoms with Gasteiger partial charge in [0.05, 0.1) is 19.3 Å². The standard InChI is InChI=1S/C18H22F3NO5/c1-11(2)9-27-14-8-12(26-3)4-5-13(14)15(23)22-7-6-17(10-22,16(24)25)18(19,20)21/h4-5,8,11H,6-7,9-10H2,1-3H3,(H,24,25). The molecule has 0 aliphatic carbocycles. The van der Waals surface area contributed by atoms with Crippen LogP contribution in [0.1, 0.15) is 30.6 Å². The number of likely N-dealkylation sites (tertiary alicyclic amines) is 1. The molecule has 1 aromatic carbocycles. The van der Waals surface area contributed by atoms with Gasteiger partial charge < -0.3 is 19.5 Å². The van der Waals surface area contributed by atoms with Crippen LogP contribution in [0.4, 0.5) is 13.2 Å². The molecule has 0 bridgehead atoms.